The second-order valence-electron chi connectivity index (χ2n) is 7.05. The van der Waals surface area contributed by atoms with Crippen LogP contribution in [0.2, 0.25) is 0 Å². The second-order valence-corrected chi connectivity index (χ2v) is 8.08. The van der Waals surface area contributed by atoms with Crippen molar-refractivity contribution < 1.29 is 15.0 Å². The van der Waals surface area contributed by atoms with Crippen LogP contribution in [-0.2, 0) is 4.79 Å². The number of allylic oxidation sites excluding steroid dienone is 3. The molecule has 7 nitrogen and oxygen atoms in total. The number of aliphatic hydroxyl groups is 1. The Hall–Kier alpha value is -3.43. The molecule has 2 heterocycles. The van der Waals surface area contributed by atoms with Gasteiger partial charge in [0.05, 0.1) is 23.1 Å². The molecule has 0 aliphatic carbocycles. The SMILES string of the molecule is O=C1C(CC=CC=Cc2cnn(-c3ccc(S)cc3)c2O)C(O)=NN1c1ccc(S)cc1. The molecule has 32 heavy (non-hydrogen) atoms. The summed E-state index contributed by atoms with van der Waals surface area (Å²) in [4.78, 5) is 14.2. The van der Waals surface area contributed by atoms with Crippen LogP contribution in [0.3, 0.4) is 0 Å². The van der Waals surface area contributed by atoms with E-state index in [0.29, 0.717) is 17.7 Å². The van der Waals surface area contributed by atoms with Gasteiger partial charge in [0.1, 0.15) is 5.92 Å². The molecule has 1 aliphatic heterocycles. The van der Waals surface area contributed by atoms with Crippen LogP contribution in [0.5, 0.6) is 5.88 Å². The number of hydrazone groups is 1. The van der Waals surface area contributed by atoms with E-state index in [-0.39, 0.29) is 17.7 Å². The maximum Gasteiger partial charge on any atom is 0.260 e. The molecule has 2 aromatic carbocycles. The van der Waals surface area contributed by atoms with E-state index in [1.807, 2.05) is 24.3 Å². The summed E-state index contributed by atoms with van der Waals surface area (Å²) in [6, 6.07) is 14.2. The highest BCUT2D eigenvalue weighted by atomic mass is 32.1. The molecule has 1 aromatic heterocycles. The van der Waals surface area contributed by atoms with Crippen molar-refractivity contribution in [1.82, 2.24) is 9.78 Å². The summed E-state index contributed by atoms with van der Waals surface area (Å²) in [6.45, 7) is 0. The fourth-order valence-corrected chi connectivity index (χ4v) is 3.47. The number of nitrogens with zero attached hydrogens (tertiary/aromatic N) is 4. The highest BCUT2D eigenvalue weighted by molar-refractivity contribution is 7.80. The molecular formula is C23H20N4O3S2. The summed E-state index contributed by atoms with van der Waals surface area (Å²) in [7, 11) is 0. The van der Waals surface area contributed by atoms with E-state index in [2.05, 4.69) is 35.5 Å². The van der Waals surface area contributed by atoms with Gasteiger partial charge in [0.2, 0.25) is 11.8 Å². The number of anilines is 1. The van der Waals surface area contributed by atoms with Crippen molar-refractivity contribution in [2.45, 2.75) is 16.2 Å². The van der Waals surface area contributed by atoms with Crippen molar-refractivity contribution in [2.24, 2.45) is 11.0 Å². The van der Waals surface area contributed by atoms with Crippen LogP contribution in [0.4, 0.5) is 5.69 Å². The van der Waals surface area contributed by atoms with Crippen LogP contribution in [0.25, 0.3) is 11.8 Å². The van der Waals surface area contributed by atoms with E-state index < -0.39 is 5.92 Å². The molecule has 0 bridgehead atoms. The normalized spacial score (nSPS) is 16.4. The number of benzene rings is 2. The van der Waals surface area contributed by atoms with Gasteiger partial charge in [-0.05, 0) is 61.0 Å². The lowest BCUT2D eigenvalue weighted by Crippen LogP contribution is -2.27. The first-order chi connectivity index (χ1) is 15.4. The molecule has 3 aromatic rings. The lowest BCUT2D eigenvalue weighted by Gasteiger charge is -2.12. The summed E-state index contributed by atoms with van der Waals surface area (Å²) in [5.41, 5.74) is 1.84. The fraction of sp³-hybridized carbons (Fsp3) is 0.0870. The number of rotatable bonds is 6. The lowest BCUT2D eigenvalue weighted by molar-refractivity contribution is -0.119. The number of aromatic nitrogens is 2. The standard InChI is InChI=1S/C23H20N4O3S2/c28-21-20(23(30)27(25-21)17-8-12-19(32)13-9-17)5-3-1-2-4-15-14-24-26(22(15)29)16-6-10-18(31)11-7-16/h1-4,6-14,20,29,31-32H,5H2,(H,25,28). The maximum atomic E-state index is 12.6. The molecule has 1 aliphatic rings. The number of hydrogen-bond donors (Lipinski definition) is 4. The van der Waals surface area contributed by atoms with Gasteiger partial charge < -0.3 is 10.2 Å². The number of carbonyl (C=O) groups is 1. The van der Waals surface area contributed by atoms with Gasteiger partial charge in [-0.1, -0.05) is 18.2 Å². The smallest absolute Gasteiger partial charge is 0.260 e. The molecular weight excluding hydrogens is 444 g/mol. The molecule has 0 radical (unpaired) electrons. The Morgan fingerprint density at radius 2 is 1.56 bits per heavy atom. The summed E-state index contributed by atoms with van der Waals surface area (Å²) in [6.07, 6.45) is 8.79. The van der Waals surface area contributed by atoms with E-state index in [1.54, 1.807) is 54.8 Å². The van der Waals surface area contributed by atoms with E-state index in [9.17, 15) is 15.0 Å². The van der Waals surface area contributed by atoms with Gasteiger partial charge in [0.15, 0.2) is 0 Å². The number of amides is 1. The Labute approximate surface area is 195 Å². The van der Waals surface area contributed by atoms with Crippen molar-refractivity contribution in [3.8, 4) is 11.6 Å². The molecule has 0 spiro atoms. The molecule has 9 heteroatoms. The largest absolute Gasteiger partial charge is 0.495 e. The lowest BCUT2D eigenvalue weighted by atomic mass is 10.0. The highest BCUT2D eigenvalue weighted by Gasteiger charge is 2.35. The van der Waals surface area contributed by atoms with Crippen LogP contribution >= 0.6 is 25.3 Å². The van der Waals surface area contributed by atoms with Crippen LogP contribution in [-0.4, -0.2) is 31.8 Å². The first-order valence-electron chi connectivity index (χ1n) is 9.74. The van der Waals surface area contributed by atoms with Gasteiger partial charge in [-0.2, -0.15) is 10.1 Å². The summed E-state index contributed by atoms with van der Waals surface area (Å²) in [5, 5.41) is 29.9. The number of aromatic hydroxyl groups is 1. The molecule has 4 rings (SSSR count). The quantitative estimate of drug-likeness (QED) is 0.316. The minimum absolute atomic E-state index is 0.0141. The summed E-state index contributed by atoms with van der Waals surface area (Å²) in [5.74, 6) is -1.24. The van der Waals surface area contributed by atoms with Crippen molar-refractivity contribution >= 4 is 48.8 Å². The van der Waals surface area contributed by atoms with E-state index in [4.69, 9.17) is 0 Å². The molecule has 0 fully saturated rings. The van der Waals surface area contributed by atoms with E-state index in [0.717, 1.165) is 15.5 Å². The predicted octanol–water partition coefficient (Wildman–Crippen LogP) is 4.65. The molecule has 162 valence electrons. The molecule has 1 unspecified atom stereocenters. The molecule has 0 saturated heterocycles. The number of thiol groups is 2. The van der Waals surface area contributed by atoms with Crippen molar-refractivity contribution in [2.75, 3.05) is 5.01 Å². The number of aliphatic hydroxyl groups excluding tert-OH is 1. The van der Waals surface area contributed by atoms with Crippen LogP contribution in [0.15, 0.2) is 87.8 Å². The summed E-state index contributed by atoms with van der Waals surface area (Å²) < 4.78 is 1.43. The second kappa shape index (κ2) is 9.37. The minimum Gasteiger partial charge on any atom is -0.495 e. The number of carbonyl (C=O) groups excluding carboxylic acids is 1. The Morgan fingerprint density at radius 1 is 0.938 bits per heavy atom. The topological polar surface area (TPSA) is 91.0 Å². The van der Waals surface area contributed by atoms with Crippen LogP contribution in [0.1, 0.15) is 12.0 Å². The molecule has 0 saturated carbocycles. The maximum absolute atomic E-state index is 12.6. The third kappa shape index (κ3) is 4.58. The third-order valence-corrected chi connectivity index (χ3v) is 5.47. The average molecular weight is 465 g/mol. The Morgan fingerprint density at radius 3 is 2.22 bits per heavy atom. The van der Waals surface area contributed by atoms with E-state index >= 15 is 0 Å². The highest BCUT2D eigenvalue weighted by Crippen LogP contribution is 2.26. The van der Waals surface area contributed by atoms with E-state index in [1.165, 1.54) is 9.69 Å². The Balaban J connectivity index is 1.38. The zero-order chi connectivity index (χ0) is 22.7. The zero-order valence-corrected chi connectivity index (χ0v) is 18.6. The Bertz CT molecular complexity index is 1220. The molecule has 1 amide bonds. The minimum atomic E-state index is -0.735. The first kappa shape index (κ1) is 21.8. The molecule has 2 N–H and O–H groups in total. The van der Waals surface area contributed by atoms with Crippen LogP contribution in [0, 0.1) is 5.92 Å². The van der Waals surface area contributed by atoms with Gasteiger partial charge in [-0.3, -0.25) is 4.79 Å². The third-order valence-electron chi connectivity index (χ3n) is 4.88. The monoisotopic (exact) mass is 464 g/mol. The predicted molar refractivity (Wildman–Crippen MR) is 130 cm³/mol. The zero-order valence-electron chi connectivity index (χ0n) is 16.8. The van der Waals surface area contributed by atoms with Gasteiger partial charge in [-0.25, -0.2) is 4.68 Å². The number of hydrogen-bond acceptors (Lipinski definition) is 6. The van der Waals surface area contributed by atoms with Gasteiger partial charge in [0.25, 0.3) is 5.91 Å². The first-order valence-corrected chi connectivity index (χ1v) is 10.6. The van der Waals surface area contributed by atoms with Crippen molar-refractivity contribution in [3.05, 3.63) is 78.5 Å². The van der Waals surface area contributed by atoms with Gasteiger partial charge in [0, 0.05) is 9.79 Å². The van der Waals surface area contributed by atoms with Gasteiger partial charge in [-0.15, -0.1) is 30.4 Å². The molecule has 1 atom stereocenters. The average Bonchev–Trinajstić information content (AvgIpc) is 3.28. The van der Waals surface area contributed by atoms with Crippen molar-refractivity contribution in [3.63, 3.8) is 0 Å². The fourth-order valence-electron chi connectivity index (χ4n) is 3.17. The van der Waals surface area contributed by atoms with Gasteiger partial charge >= 0.3 is 0 Å². The summed E-state index contributed by atoms with van der Waals surface area (Å²) >= 11 is 8.48. The Kier molecular flexibility index (Phi) is 6.38. The van der Waals surface area contributed by atoms with Crippen LogP contribution < -0.4 is 5.01 Å². The van der Waals surface area contributed by atoms with Crippen molar-refractivity contribution in [1.29, 1.82) is 0 Å².